The Morgan fingerprint density at radius 3 is 2.50 bits per heavy atom. The molecule has 1 fully saturated rings. The number of nitrogens with zero attached hydrogens (tertiary/aromatic N) is 5. The number of benzene rings is 1. The van der Waals surface area contributed by atoms with Crippen molar-refractivity contribution < 1.29 is 21.2 Å². The molecule has 4 heterocycles. The van der Waals surface area contributed by atoms with Crippen molar-refractivity contribution in [2.75, 3.05) is 19.3 Å². The van der Waals surface area contributed by atoms with Crippen molar-refractivity contribution in [2.45, 2.75) is 24.3 Å². The molecule has 10 nitrogen and oxygen atoms in total. The Bertz CT molecular complexity index is 1680. The molecule has 5 rings (SSSR count). The third-order valence-electron chi connectivity index (χ3n) is 5.93. The fourth-order valence-electron chi connectivity index (χ4n) is 4.21. The molecule has 2 N–H and O–H groups in total. The minimum atomic E-state index is -4.19. The molecule has 13 heteroatoms. The first kappa shape index (κ1) is 22.8. The molecule has 1 saturated heterocycles. The van der Waals surface area contributed by atoms with Gasteiger partial charge in [0.1, 0.15) is 22.1 Å². The van der Waals surface area contributed by atoms with Gasteiger partial charge in [0, 0.05) is 36.6 Å². The molecule has 1 aromatic carbocycles. The van der Waals surface area contributed by atoms with Gasteiger partial charge in [-0.3, -0.25) is 0 Å². The highest BCUT2D eigenvalue weighted by atomic mass is 32.2. The number of fused-ring (bicyclic) bond motifs is 3. The van der Waals surface area contributed by atoms with Gasteiger partial charge >= 0.3 is 0 Å². The molecule has 3 aromatic heterocycles. The summed E-state index contributed by atoms with van der Waals surface area (Å²) in [5, 5.41) is 5.83. The third-order valence-corrected chi connectivity index (χ3v) is 8.11. The Balaban J connectivity index is 1.66. The number of sulfonamides is 2. The van der Waals surface area contributed by atoms with Crippen LogP contribution in [-0.4, -0.2) is 60.0 Å². The van der Waals surface area contributed by atoms with Gasteiger partial charge in [0.05, 0.1) is 18.0 Å². The van der Waals surface area contributed by atoms with E-state index < -0.39 is 30.8 Å². The van der Waals surface area contributed by atoms with Crippen molar-refractivity contribution in [2.24, 2.45) is 5.14 Å². The molecule has 0 unspecified atom stereocenters. The zero-order chi connectivity index (χ0) is 24.4. The van der Waals surface area contributed by atoms with Crippen LogP contribution in [0.3, 0.4) is 0 Å². The maximum absolute atomic E-state index is 14.5. The first-order valence-corrected chi connectivity index (χ1v) is 13.7. The lowest BCUT2D eigenvalue weighted by molar-refractivity contribution is 0.254. The summed E-state index contributed by atoms with van der Waals surface area (Å²) in [5.41, 5.74) is 3.17. The number of imidazole rings is 1. The van der Waals surface area contributed by atoms with E-state index >= 15 is 0 Å². The van der Waals surface area contributed by atoms with Crippen LogP contribution in [0.1, 0.15) is 23.0 Å². The number of aryl methyl sites for hydroxylation is 1. The van der Waals surface area contributed by atoms with E-state index in [9.17, 15) is 21.2 Å². The van der Waals surface area contributed by atoms with E-state index in [-0.39, 0.29) is 25.6 Å². The molecule has 4 aromatic rings. The van der Waals surface area contributed by atoms with Gasteiger partial charge in [0.25, 0.3) is 0 Å². The van der Waals surface area contributed by atoms with Gasteiger partial charge in [0.2, 0.25) is 20.0 Å². The highest BCUT2D eigenvalue weighted by molar-refractivity contribution is 7.89. The van der Waals surface area contributed by atoms with Crippen molar-refractivity contribution in [1.29, 1.82) is 0 Å². The van der Waals surface area contributed by atoms with Crippen LogP contribution < -0.4 is 5.14 Å². The van der Waals surface area contributed by atoms with Crippen LogP contribution in [-0.2, 0) is 26.6 Å². The number of rotatable bonds is 5. The second-order valence-electron chi connectivity index (χ2n) is 8.46. The summed E-state index contributed by atoms with van der Waals surface area (Å²) >= 11 is 0. The fourth-order valence-corrected chi connectivity index (χ4v) is 5.70. The molecular weight excluding hydrogens is 483 g/mol. The van der Waals surface area contributed by atoms with Gasteiger partial charge in [-0.2, -0.15) is 0 Å². The molecule has 1 aliphatic heterocycles. The predicted octanol–water partition coefficient (Wildman–Crippen LogP) is 1.48. The van der Waals surface area contributed by atoms with Crippen molar-refractivity contribution in [3.8, 4) is 0 Å². The summed E-state index contributed by atoms with van der Waals surface area (Å²) in [6.45, 7) is 2.60. The average molecular weight is 505 g/mol. The zero-order valence-electron chi connectivity index (χ0n) is 18.3. The van der Waals surface area contributed by atoms with E-state index in [0.29, 0.717) is 22.6 Å². The van der Waals surface area contributed by atoms with E-state index in [2.05, 4.69) is 9.97 Å². The number of nitrogens with two attached hydrogens (primary N) is 1. The SMILES string of the molecule is Cc1ccc2c(ncc3nc(C4CN(S(C)(=O)=O)C4)n(Cc4ccc(S(N)(=O)=O)c(F)c4)c32)n1. The summed E-state index contributed by atoms with van der Waals surface area (Å²) in [6.07, 6.45) is 2.77. The number of hydrogen-bond acceptors (Lipinski definition) is 7. The van der Waals surface area contributed by atoms with Gasteiger partial charge in [-0.25, -0.2) is 45.6 Å². The zero-order valence-corrected chi connectivity index (χ0v) is 19.9. The minimum Gasteiger partial charge on any atom is -0.323 e. The maximum atomic E-state index is 14.5. The summed E-state index contributed by atoms with van der Waals surface area (Å²) in [4.78, 5) is 13.0. The molecule has 0 aliphatic carbocycles. The number of hydrogen-bond donors (Lipinski definition) is 1. The van der Waals surface area contributed by atoms with Crippen molar-refractivity contribution >= 4 is 42.1 Å². The fraction of sp³-hybridized carbons (Fsp3) is 0.286. The van der Waals surface area contributed by atoms with Crippen molar-refractivity contribution in [3.05, 3.63) is 59.4 Å². The summed E-state index contributed by atoms with van der Waals surface area (Å²) < 4.78 is 64.7. The predicted molar refractivity (Wildman–Crippen MR) is 124 cm³/mol. The first-order valence-electron chi connectivity index (χ1n) is 10.3. The van der Waals surface area contributed by atoms with Crippen LogP contribution in [0.2, 0.25) is 0 Å². The van der Waals surface area contributed by atoms with Crippen LogP contribution in [0.25, 0.3) is 22.1 Å². The Hall–Kier alpha value is -3.00. The normalized spacial score (nSPS) is 15.8. The van der Waals surface area contributed by atoms with Gasteiger partial charge in [0.15, 0.2) is 5.65 Å². The van der Waals surface area contributed by atoms with E-state index in [1.54, 1.807) is 6.20 Å². The largest absolute Gasteiger partial charge is 0.323 e. The highest BCUT2D eigenvalue weighted by Crippen LogP contribution is 2.33. The maximum Gasteiger partial charge on any atom is 0.240 e. The van der Waals surface area contributed by atoms with Crippen molar-refractivity contribution in [1.82, 2.24) is 23.8 Å². The Morgan fingerprint density at radius 2 is 1.85 bits per heavy atom. The molecule has 0 spiro atoms. The summed E-state index contributed by atoms with van der Waals surface area (Å²) in [5.74, 6) is -0.466. The van der Waals surface area contributed by atoms with Crippen molar-refractivity contribution in [3.63, 3.8) is 0 Å². The van der Waals surface area contributed by atoms with Crippen LogP contribution in [0, 0.1) is 12.7 Å². The first-order chi connectivity index (χ1) is 15.9. The van der Waals surface area contributed by atoms with Gasteiger partial charge < -0.3 is 4.57 Å². The van der Waals surface area contributed by atoms with Gasteiger partial charge in [-0.05, 0) is 36.8 Å². The van der Waals surface area contributed by atoms with E-state index in [0.717, 1.165) is 35.0 Å². The minimum absolute atomic E-state index is 0.163. The van der Waals surface area contributed by atoms with E-state index in [1.807, 2.05) is 23.6 Å². The lowest BCUT2D eigenvalue weighted by Crippen LogP contribution is -2.48. The highest BCUT2D eigenvalue weighted by Gasteiger charge is 2.37. The molecule has 0 saturated carbocycles. The third kappa shape index (κ3) is 3.94. The topological polar surface area (TPSA) is 141 Å². The smallest absolute Gasteiger partial charge is 0.240 e. The molecule has 0 radical (unpaired) electrons. The van der Waals surface area contributed by atoms with Crippen LogP contribution in [0.15, 0.2) is 41.4 Å². The summed E-state index contributed by atoms with van der Waals surface area (Å²) in [6, 6.07) is 7.51. The number of pyridine rings is 2. The second kappa shape index (κ2) is 7.77. The number of halogens is 1. The lowest BCUT2D eigenvalue weighted by atomic mass is 10.0. The molecular formula is C21H21FN6O4S2. The molecule has 0 atom stereocenters. The number of aromatic nitrogens is 4. The lowest BCUT2D eigenvalue weighted by Gasteiger charge is -2.36. The quantitative estimate of drug-likeness (QED) is 0.434. The Labute approximate surface area is 195 Å². The molecule has 0 bridgehead atoms. The summed E-state index contributed by atoms with van der Waals surface area (Å²) in [7, 11) is -7.51. The van der Waals surface area contributed by atoms with E-state index in [4.69, 9.17) is 10.1 Å². The molecule has 1 aliphatic rings. The van der Waals surface area contributed by atoms with Crippen LogP contribution in [0.5, 0.6) is 0 Å². The Morgan fingerprint density at radius 1 is 1.12 bits per heavy atom. The molecule has 0 amide bonds. The van der Waals surface area contributed by atoms with Gasteiger partial charge in [-0.1, -0.05) is 6.07 Å². The van der Waals surface area contributed by atoms with Crippen LogP contribution in [0.4, 0.5) is 4.39 Å². The average Bonchev–Trinajstić information content (AvgIpc) is 3.03. The molecule has 178 valence electrons. The second-order valence-corrected chi connectivity index (χ2v) is 12.0. The standard InChI is InChI=1S/C21H21FN6O4S2/c1-12-3-5-15-19-17(8-24-20(15)25-12)26-21(14-10-27(11-14)33(2,29)30)28(19)9-13-4-6-18(16(22)7-13)34(23,31)32/h3-8,14H,9-11H2,1-2H3,(H2,23,31,32). The molecule has 34 heavy (non-hydrogen) atoms. The number of primary sulfonamides is 1. The Kier molecular flexibility index (Phi) is 5.20. The monoisotopic (exact) mass is 504 g/mol. The van der Waals surface area contributed by atoms with Gasteiger partial charge in [-0.15, -0.1) is 0 Å². The van der Waals surface area contributed by atoms with Crippen LogP contribution >= 0.6 is 0 Å². The van der Waals surface area contributed by atoms with E-state index in [1.165, 1.54) is 10.4 Å².